The van der Waals surface area contributed by atoms with Gasteiger partial charge in [-0.3, -0.25) is 0 Å². The predicted molar refractivity (Wildman–Crippen MR) is 90.6 cm³/mol. The Morgan fingerprint density at radius 2 is 2.09 bits per heavy atom. The van der Waals surface area contributed by atoms with E-state index in [1.54, 1.807) is 7.11 Å². The summed E-state index contributed by atoms with van der Waals surface area (Å²) in [6, 6.07) is 4.15. The van der Waals surface area contributed by atoms with Crippen LogP contribution in [0.25, 0.3) is 0 Å². The van der Waals surface area contributed by atoms with Crippen LogP contribution in [-0.2, 0) is 17.7 Å². The average molecular weight is 320 g/mol. The van der Waals surface area contributed by atoms with Gasteiger partial charge in [-0.25, -0.2) is 4.79 Å². The van der Waals surface area contributed by atoms with E-state index in [2.05, 4.69) is 13.0 Å². The molecule has 5 nitrogen and oxygen atoms in total. The molecule has 1 aromatic rings. The predicted octanol–water partition coefficient (Wildman–Crippen LogP) is 3.40. The molecule has 0 aromatic heterocycles. The summed E-state index contributed by atoms with van der Waals surface area (Å²) >= 11 is 0. The molecule has 5 heteroatoms. The van der Waals surface area contributed by atoms with E-state index in [0.29, 0.717) is 13.1 Å². The molecule has 2 N–H and O–H groups in total. The van der Waals surface area contributed by atoms with Gasteiger partial charge in [-0.1, -0.05) is 13.0 Å². The maximum Gasteiger partial charge on any atom is 0.410 e. The van der Waals surface area contributed by atoms with Gasteiger partial charge in [0, 0.05) is 18.7 Å². The Balaban J connectivity index is 2.35. The minimum Gasteiger partial charge on any atom is -0.496 e. The lowest BCUT2D eigenvalue weighted by molar-refractivity contribution is 0.0137. The highest BCUT2D eigenvalue weighted by Gasteiger charge is 2.33. The molecule has 0 saturated carbocycles. The van der Waals surface area contributed by atoms with Crippen molar-refractivity contribution >= 4 is 6.09 Å². The molecule has 23 heavy (non-hydrogen) atoms. The quantitative estimate of drug-likeness (QED) is 0.927. The van der Waals surface area contributed by atoms with Crippen molar-refractivity contribution in [2.24, 2.45) is 5.73 Å². The number of carbonyl (C=O) groups excluding carboxylic acids is 1. The van der Waals surface area contributed by atoms with Crippen LogP contribution >= 0.6 is 0 Å². The number of hydrogen-bond acceptors (Lipinski definition) is 4. The third-order valence-electron chi connectivity index (χ3n) is 4.13. The topological polar surface area (TPSA) is 64.8 Å². The number of ether oxygens (including phenoxy) is 2. The van der Waals surface area contributed by atoms with Crippen LogP contribution in [0.5, 0.6) is 5.75 Å². The Hall–Kier alpha value is -1.75. The highest BCUT2D eigenvalue weighted by Crippen LogP contribution is 2.37. The lowest BCUT2D eigenvalue weighted by Gasteiger charge is -2.38. The van der Waals surface area contributed by atoms with E-state index >= 15 is 0 Å². The van der Waals surface area contributed by atoms with E-state index in [1.165, 1.54) is 5.56 Å². The maximum atomic E-state index is 12.5. The zero-order chi connectivity index (χ0) is 17.2. The fourth-order valence-electron chi connectivity index (χ4n) is 3.11. The van der Waals surface area contributed by atoms with Crippen LogP contribution < -0.4 is 10.5 Å². The molecule has 2 rings (SSSR count). The molecule has 1 aliphatic rings. The fourth-order valence-corrected chi connectivity index (χ4v) is 3.11. The number of nitrogens with two attached hydrogens (primary N) is 1. The summed E-state index contributed by atoms with van der Waals surface area (Å²) in [6.07, 6.45) is 1.39. The summed E-state index contributed by atoms with van der Waals surface area (Å²) in [5.41, 5.74) is 8.71. The average Bonchev–Trinajstić information content (AvgIpc) is 2.50. The molecule has 1 atom stereocenters. The third-order valence-corrected chi connectivity index (χ3v) is 4.13. The largest absolute Gasteiger partial charge is 0.496 e. The summed E-state index contributed by atoms with van der Waals surface area (Å²) < 4.78 is 11.0. The second-order valence-electron chi connectivity index (χ2n) is 6.91. The van der Waals surface area contributed by atoms with Crippen LogP contribution in [0.15, 0.2) is 12.1 Å². The molecule has 1 aliphatic heterocycles. The Bertz CT molecular complexity index is 578. The van der Waals surface area contributed by atoms with E-state index in [0.717, 1.165) is 29.7 Å². The van der Waals surface area contributed by atoms with E-state index < -0.39 is 5.60 Å². The molecule has 0 spiro atoms. The molecule has 1 unspecified atom stereocenters. The monoisotopic (exact) mass is 320 g/mol. The molecule has 0 radical (unpaired) electrons. The number of hydrogen-bond donors (Lipinski definition) is 1. The summed E-state index contributed by atoms with van der Waals surface area (Å²) in [6.45, 7) is 8.86. The molecule has 1 heterocycles. The molecule has 1 amide bonds. The van der Waals surface area contributed by atoms with Crippen LogP contribution in [0.2, 0.25) is 0 Å². The first kappa shape index (κ1) is 17.6. The standard InChI is InChI=1S/C18H28N2O3/c1-6-15-14-10-16(22-5)13(11-19)9-12(14)7-8-20(15)17(21)23-18(2,3)4/h9-10,15H,6-8,11,19H2,1-5H3. The van der Waals surface area contributed by atoms with Crippen molar-refractivity contribution in [3.63, 3.8) is 0 Å². The van der Waals surface area contributed by atoms with Gasteiger partial charge in [0.15, 0.2) is 0 Å². The van der Waals surface area contributed by atoms with Crippen LogP contribution in [0.4, 0.5) is 4.79 Å². The van der Waals surface area contributed by atoms with Gasteiger partial charge in [-0.05, 0) is 50.8 Å². The second kappa shape index (κ2) is 6.79. The summed E-state index contributed by atoms with van der Waals surface area (Å²) in [4.78, 5) is 14.4. The van der Waals surface area contributed by atoms with Gasteiger partial charge in [-0.15, -0.1) is 0 Å². The first-order chi connectivity index (χ1) is 10.8. The molecule has 0 saturated heterocycles. The van der Waals surface area contributed by atoms with Gasteiger partial charge in [0.1, 0.15) is 11.4 Å². The summed E-state index contributed by atoms with van der Waals surface area (Å²) in [7, 11) is 1.65. The Morgan fingerprint density at radius 1 is 1.39 bits per heavy atom. The second-order valence-corrected chi connectivity index (χ2v) is 6.91. The van der Waals surface area contributed by atoms with Gasteiger partial charge in [0.25, 0.3) is 0 Å². The van der Waals surface area contributed by atoms with Gasteiger partial charge >= 0.3 is 6.09 Å². The summed E-state index contributed by atoms with van der Waals surface area (Å²) in [5, 5.41) is 0. The van der Waals surface area contributed by atoms with E-state index in [-0.39, 0.29) is 12.1 Å². The molecule has 0 bridgehead atoms. The maximum absolute atomic E-state index is 12.5. The molecule has 0 fully saturated rings. The molecular formula is C18H28N2O3. The van der Waals surface area contributed by atoms with E-state index in [4.69, 9.17) is 15.2 Å². The molecule has 0 aliphatic carbocycles. The number of methoxy groups -OCH3 is 1. The molecule has 1 aromatic carbocycles. The van der Waals surface area contributed by atoms with Crippen molar-refractivity contribution in [2.75, 3.05) is 13.7 Å². The molecule has 128 valence electrons. The first-order valence-electron chi connectivity index (χ1n) is 8.20. The highest BCUT2D eigenvalue weighted by atomic mass is 16.6. The Morgan fingerprint density at radius 3 is 2.61 bits per heavy atom. The SMILES string of the molecule is CCC1c2cc(OC)c(CN)cc2CCN1C(=O)OC(C)(C)C. The zero-order valence-corrected chi connectivity index (χ0v) is 14.8. The van der Waals surface area contributed by atoms with Crippen molar-refractivity contribution in [1.29, 1.82) is 0 Å². The fraction of sp³-hybridized carbons (Fsp3) is 0.611. The number of amides is 1. The zero-order valence-electron chi connectivity index (χ0n) is 14.8. The van der Waals surface area contributed by atoms with Gasteiger partial charge in [-0.2, -0.15) is 0 Å². The minimum absolute atomic E-state index is 0.00863. The van der Waals surface area contributed by atoms with E-state index in [9.17, 15) is 4.79 Å². The van der Waals surface area contributed by atoms with Crippen LogP contribution in [0.3, 0.4) is 0 Å². The smallest absolute Gasteiger partial charge is 0.410 e. The van der Waals surface area contributed by atoms with Crippen molar-refractivity contribution in [1.82, 2.24) is 4.90 Å². The normalized spacial score (nSPS) is 17.7. The number of fused-ring (bicyclic) bond motifs is 1. The number of rotatable bonds is 3. The van der Waals surface area contributed by atoms with Gasteiger partial charge in [0.2, 0.25) is 0 Å². The van der Waals surface area contributed by atoms with Crippen molar-refractivity contribution in [2.45, 2.75) is 58.7 Å². The lowest BCUT2D eigenvalue weighted by Crippen LogP contribution is -2.43. The Labute approximate surface area is 138 Å². The Kier molecular flexibility index (Phi) is 5.19. The van der Waals surface area contributed by atoms with Crippen LogP contribution in [0.1, 0.15) is 56.8 Å². The summed E-state index contributed by atoms with van der Waals surface area (Å²) in [5.74, 6) is 0.788. The third kappa shape index (κ3) is 3.78. The van der Waals surface area contributed by atoms with Crippen LogP contribution in [0, 0.1) is 0 Å². The minimum atomic E-state index is -0.489. The molecular weight excluding hydrogens is 292 g/mol. The van der Waals surface area contributed by atoms with Crippen molar-refractivity contribution in [3.05, 3.63) is 28.8 Å². The van der Waals surface area contributed by atoms with E-state index in [1.807, 2.05) is 31.7 Å². The number of benzene rings is 1. The highest BCUT2D eigenvalue weighted by molar-refractivity contribution is 5.69. The first-order valence-corrected chi connectivity index (χ1v) is 8.20. The van der Waals surface area contributed by atoms with Crippen LogP contribution in [-0.4, -0.2) is 30.2 Å². The van der Waals surface area contributed by atoms with Gasteiger partial charge < -0.3 is 20.1 Å². The number of nitrogens with zero attached hydrogens (tertiary/aromatic N) is 1. The lowest BCUT2D eigenvalue weighted by atomic mass is 9.89. The number of carbonyl (C=O) groups is 1. The van der Waals surface area contributed by atoms with Crippen molar-refractivity contribution in [3.8, 4) is 5.75 Å². The van der Waals surface area contributed by atoms with Crippen molar-refractivity contribution < 1.29 is 14.3 Å². The van der Waals surface area contributed by atoms with Gasteiger partial charge in [0.05, 0.1) is 13.2 Å².